The normalized spacial score (nSPS) is 10.2. The Hall–Kier alpha value is -0.930. The van der Waals surface area contributed by atoms with Crippen LogP contribution >= 0.6 is 24.8 Å². The molecular formula is C12H22Cl2N4O3S. The lowest BCUT2D eigenvalue weighted by atomic mass is 10.4. The van der Waals surface area contributed by atoms with Gasteiger partial charge in [0.15, 0.2) is 0 Å². The molecule has 3 N–H and O–H groups in total. The first kappa shape index (κ1) is 23.3. The van der Waals surface area contributed by atoms with Crippen molar-refractivity contribution in [1.29, 1.82) is 0 Å². The number of carbonyl (C=O) groups excluding carboxylic acids is 1. The number of hydrogen-bond donors (Lipinski definition) is 3. The van der Waals surface area contributed by atoms with Gasteiger partial charge in [-0.15, -0.1) is 24.8 Å². The van der Waals surface area contributed by atoms with E-state index in [1.165, 1.54) is 18.5 Å². The van der Waals surface area contributed by atoms with Crippen molar-refractivity contribution in [2.24, 2.45) is 0 Å². The minimum Gasteiger partial charge on any atom is -0.355 e. The Kier molecular flexibility index (Phi) is 13.4. The molecule has 0 unspecified atom stereocenters. The molecule has 0 aliphatic carbocycles. The Morgan fingerprint density at radius 2 is 1.95 bits per heavy atom. The zero-order valence-electron chi connectivity index (χ0n) is 12.2. The Morgan fingerprint density at radius 3 is 2.55 bits per heavy atom. The van der Waals surface area contributed by atoms with Gasteiger partial charge in [-0.1, -0.05) is 6.92 Å². The monoisotopic (exact) mass is 372 g/mol. The van der Waals surface area contributed by atoms with Crippen LogP contribution in [0, 0.1) is 0 Å². The molecule has 0 bridgehead atoms. The van der Waals surface area contributed by atoms with Gasteiger partial charge in [-0.25, -0.2) is 13.1 Å². The minimum absolute atomic E-state index is 0. The first-order chi connectivity index (χ1) is 9.56. The first-order valence-electron chi connectivity index (χ1n) is 6.43. The highest BCUT2D eigenvalue weighted by atomic mass is 35.5. The van der Waals surface area contributed by atoms with Crippen LogP contribution < -0.4 is 15.4 Å². The van der Waals surface area contributed by atoms with E-state index in [1.54, 1.807) is 6.07 Å². The fourth-order valence-electron chi connectivity index (χ4n) is 1.44. The summed E-state index contributed by atoms with van der Waals surface area (Å²) in [4.78, 5) is 15.3. The standard InChI is InChI=1S/C12H20N4O3S.2ClH/c1-2-13-8-9-15-12(17)5-7-16-20(18,19)11-4-3-6-14-10-11;;/h3-4,6,10,13,16H,2,5,7-9H2,1H3,(H,15,17);2*1H. The number of sulfonamides is 1. The third-order valence-corrected chi connectivity index (χ3v) is 3.91. The van der Waals surface area contributed by atoms with E-state index in [2.05, 4.69) is 20.3 Å². The third-order valence-electron chi connectivity index (χ3n) is 2.46. The maximum atomic E-state index is 11.8. The average molecular weight is 373 g/mol. The second-order valence-electron chi connectivity index (χ2n) is 4.04. The Labute approximate surface area is 143 Å². The highest BCUT2D eigenvalue weighted by Crippen LogP contribution is 2.04. The molecule has 0 aliphatic heterocycles. The number of nitrogens with zero attached hydrogens (tertiary/aromatic N) is 1. The van der Waals surface area contributed by atoms with E-state index < -0.39 is 10.0 Å². The highest BCUT2D eigenvalue weighted by molar-refractivity contribution is 7.89. The summed E-state index contributed by atoms with van der Waals surface area (Å²) in [5, 5.41) is 5.77. The Balaban J connectivity index is 0. The molecular weight excluding hydrogens is 351 g/mol. The smallest absolute Gasteiger partial charge is 0.242 e. The maximum Gasteiger partial charge on any atom is 0.242 e. The van der Waals surface area contributed by atoms with E-state index in [4.69, 9.17) is 0 Å². The van der Waals surface area contributed by atoms with Crippen LogP contribution in [-0.2, 0) is 14.8 Å². The lowest BCUT2D eigenvalue weighted by molar-refractivity contribution is -0.120. The van der Waals surface area contributed by atoms with Crippen molar-refractivity contribution >= 4 is 40.7 Å². The number of amides is 1. The molecule has 7 nitrogen and oxygen atoms in total. The van der Waals surface area contributed by atoms with E-state index >= 15 is 0 Å². The van der Waals surface area contributed by atoms with Gasteiger partial charge in [0.05, 0.1) is 0 Å². The first-order valence-corrected chi connectivity index (χ1v) is 7.91. The van der Waals surface area contributed by atoms with Gasteiger partial charge >= 0.3 is 0 Å². The predicted octanol–water partition coefficient (Wildman–Crippen LogP) is 0.319. The van der Waals surface area contributed by atoms with Gasteiger partial charge in [0.2, 0.25) is 15.9 Å². The molecule has 22 heavy (non-hydrogen) atoms. The zero-order valence-corrected chi connectivity index (χ0v) is 14.7. The maximum absolute atomic E-state index is 11.8. The van der Waals surface area contributed by atoms with Crippen molar-refractivity contribution in [3.05, 3.63) is 24.5 Å². The average Bonchev–Trinajstić information content (AvgIpc) is 2.44. The molecule has 1 aromatic rings. The third kappa shape index (κ3) is 9.16. The summed E-state index contributed by atoms with van der Waals surface area (Å²) in [5.74, 6) is -0.184. The quantitative estimate of drug-likeness (QED) is 0.542. The summed E-state index contributed by atoms with van der Waals surface area (Å²) in [6, 6.07) is 2.99. The topological polar surface area (TPSA) is 100 Å². The summed E-state index contributed by atoms with van der Waals surface area (Å²) in [7, 11) is -3.59. The van der Waals surface area contributed by atoms with Gasteiger partial charge in [0.1, 0.15) is 4.90 Å². The summed E-state index contributed by atoms with van der Waals surface area (Å²) < 4.78 is 26.0. The fraction of sp³-hybridized carbons (Fsp3) is 0.500. The van der Waals surface area contributed by atoms with E-state index in [0.29, 0.717) is 13.1 Å². The number of rotatable bonds is 9. The number of aromatic nitrogens is 1. The lowest BCUT2D eigenvalue weighted by Gasteiger charge is -2.07. The van der Waals surface area contributed by atoms with Gasteiger partial charge in [-0.3, -0.25) is 9.78 Å². The van der Waals surface area contributed by atoms with E-state index in [9.17, 15) is 13.2 Å². The van der Waals surface area contributed by atoms with Crippen molar-refractivity contribution in [2.45, 2.75) is 18.2 Å². The van der Waals surface area contributed by atoms with Crippen molar-refractivity contribution in [2.75, 3.05) is 26.2 Å². The molecule has 0 saturated heterocycles. The van der Waals surface area contributed by atoms with Gasteiger partial charge in [-0.05, 0) is 18.7 Å². The van der Waals surface area contributed by atoms with Gasteiger partial charge in [-0.2, -0.15) is 0 Å². The van der Waals surface area contributed by atoms with E-state index in [-0.39, 0.29) is 48.6 Å². The molecule has 0 saturated carbocycles. The molecule has 10 heteroatoms. The van der Waals surface area contributed by atoms with Crippen molar-refractivity contribution in [1.82, 2.24) is 20.3 Å². The number of hydrogen-bond acceptors (Lipinski definition) is 5. The Morgan fingerprint density at radius 1 is 1.23 bits per heavy atom. The van der Waals surface area contributed by atoms with Crippen molar-refractivity contribution in [3.63, 3.8) is 0 Å². The van der Waals surface area contributed by atoms with Crippen molar-refractivity contribution in [3.8, 4) is 0 Å². The largest absolute Gasteiger partial charge is 0.355 e. The number of carbonyl (C=O) groups is 1. The zero-order chi connectivity index (χ0) is 14.8. The molecule has 0 fully saturated rings. The van der Waals surface area contributed by atoms with Crippen LogP contribution in [-0.4, -0.2) is 45.5 Å². The molecule has 1 heterocycles. The lowest BCUT2D eigenvalue weighted by Crippen LogP contribution is -2.34. The molecule has 0 atom stereocenters. The molecule has 0 spiro atoms. The molecule has 128 valence electrons. The van der Waals surface area contributed by atoms with Crippen molar-refractivity contribution < 1.29 is 13.2 Å². The molecule has 1 rings (SSSR count). The fourth-order valence-corrected chi connectivity index (χ4v) is 2.44. The minimum atomic E-state index is -3.59. The second-order valence-corrected chi connectivity index (χ2v) is 5.81. The van der Waals surface area contributed by atoms with Crippen LogP contribution in [0.1, 0.15) is 13.3 Å². The predicted molar refractivity (Wildman–Crippen MR) is 90.1 cm³/mol. The van der Waals surface area contributed by atoms with E-state index in [0.717, 1.165) is 6.54 Å². The summed E-state index contributed by atoms with van der Waals surface area (Å²) >= 11 is 0. The van der Waals surface area contributed by atoms with Gasteiger partial charge in [0.25, 0.3) is 0 Å². The molecule has 0 aliphatic rings. The van der Waals surface area contributed by atoms with Crippen LogP contribution in [0.5, 0.6) is 0 Å². The number of likely N-dealkylation sites (N-methyl/N-ethyl adjacent to an activating group) is 1. The Bertz CT molecular complexity index is 514. The molecule has 0 aromatic carbocycles. The number of halogens is 2. The number of nitrogens with one attached hydrogen (secondary N) is 3. The summed E-state index contributed by atoms with van der Waals surface area (Å²) in [5.41, 5.74) is 0. The van der Waals surface area contributed by atoms with Crippen LogP contribution in [0.15, 0.2) is 29.4 Å². The molecule has 1 amide bonds. The van der Waals surface area contributed by atoms with Crippen LogP contribution in [0.3, 0.4) is 0 Å². The SMILES string of the molecule is CCNCCNC(=O)CCNS(=O)(=O)c1cccnc1.Cl.Cl. The van der Waals surface area contributed by atoms with Crippen LogP contribution in [0.4, 0.5) is 0 Å². The summed E-state index contributed by atoms with van der Waals surface area (Å²) in [6.45, 7) is 4.12. The summed E-state index contributed by atoms with van der Waals surface area (Å²) in [6.07, 6.45) is 2.86. The molecule has 0 radical (unpaired) electrons. The van der Waals surface area contributed by atoms with Crippen LogP contribution in [0.2, 0.25) is 0 Å². The number of pyridine rings is 1. The van der Waals surface area contributed by atoms with Crippen LogP contribution in [0.25, 0.3) is 0 Å². The molecule has 1 aromatic heterocycles. The highest BCUT2D eigenvalue weighted by Gasteiger charge is 2.13. The second kappa shape index (κ2) is 12.6. The van der Waals surface area contributed by atoms with E-state index in [1.807, 2.05) is 6.92 Å². The van der Waals surface area contributed by atoms with Gasteiger partial charge in [0, 0.05) is 38.4 Å². The van der Waals surface area contributed by atoms with Gasteiger partial charge < -0.3 is 10.6 Å².